The van der Waals surface area contributed by atoms with Crippen molar-refractivity contribution in [3.8, 4) is 27.6 Å². The second-order valence-electron chi connectivity index (χ2n) is 8.26. The fraction of sp³-hybridized carbons (Fsp3) is 0.364. The maximum absolute atomic E-state index is 13.0. The van der Waals surface area contributed by atoms with Crippen molar-refractivity contribution < 1.29 is 22.7 Å². The highest BCUT2D eigenvalue weighted by atomic mass is 32.1. The summed E-state index contributed by atoms with van der Waals surface area (Å²) < 4.78 is 43.7. The van der Waals surface area contributed by atoms with Crippen molar-refractivity contribution in [2.24, 2.45) is 0 Å². The number of esters is 1. The maximum atomic E-state index is 13.0. The number of nitrogens with zero attached hydrogens (tertiary/aromatic N) is 6. The minimum absolute atomic E-state index is 0.0264. The first-order valence-electron chi connectivity index (χ1n) is 11.0. The normalized spacial score (nSPS) is 14.8. The molecule has 1 saturated heterocycles. The molecular formula is C22H20F3N7O2S2. The summed E-state index contributed by atoms with van der Waals surface area (Å²) in [4.78, 5) is 28.7. The Hall–Kier alpha value is -3.23. The number of aromatic nitrogens is 5. The molecule has 5 rings (SSSR count). The molecule has 0 spiro atoms. The highest BCUT2D eigenvalue weighted by Gasteiger charge is 2.42. The number of nitrogens with one attached hydrogen (secondary N) is 1. The van der Waals surface area contributed by atoms with Gasteiger partial charge in [0.25, 0.3) is 0 Å². The molecule has 14 heteroatoms. The van der Waals surface area contributed by atoms with Crippen LogP contribution in [0.15, 0.2) is 24.5 Å². The average Bonchev–Trinajstić information content (AvgIpc) is 3.43. The summed E-state index contributed by atoms with van der Waals surface area (Å²) in [5, 5.41) is 12.2. The molecule has 0 atom stereocenters. The lowest BCUT2D eigenvalue weighted by molar-refractivity contribution is -0.189. The van der Waals surface area contributed by atoms with Gasteiger partial charge in [-0.05, 0) is 45.0 Å². The van der Waals surface area contributed by atoms with Crippen LogP contribution in [0.25, 0.3) is 31.5 Å². The van der Waals surface area contributed by atoms with E-state index in [1.807, 2.05) is 7.05 Å². The van der Waals surface area contributed by atoms with E-state index in [1.165, 1.54) is 41.1 Å². The first-order chi connectivity index (χ1) is 17.2. The Morgan fingerprint density at radius 3 is 2.53 bits per heavy atom. The maximum Gasteiger partial charge on any atom is 0.491 e. The van der Waals surface area contributed by atoms with Crippen LogP contribution in [0.3, 0.4) is 0 Å². The highest BCUT2D eigenvalue weighted by molar-refractivity contribution is 7.29. The Bertz CT molecular complexity index is 1380. The number of carbonyl (C=O) groups is 1. The van der Waals surface area contributed by atoms with Crippen molar-refractivity contribution in [2.75, 3.05) is 25.0 Å². The largest absolute Gasteiger partial charge is 0.491 e. The predicted molar refractivity (Wildman–Crippen MR) is 130 cm³/mol. The summed E-state index contributed by atoms with van der Waals surface area (Å²) in [5.74, 6) is -2.69. The third-order valence-corrected chi connectivity index (χ3v) is 7.85. The molecule has 1 fully saturated rings. The standard InChI is InChI=1S/C22H20F3N7O2S2/c1-11-7-12(10-28-31-11)13-8-15(34-20(33)22(23,24)25)16(27-9-13)17-29-18-19(35-17)30-21(36-18)32(2)14-3-5-26-6-4-14/h7-10,14,26H,3-6H2,1-2H3. The van der Waals surface area contributed by atoms with Crippen LogP contribution in [-0.2, 0) is 4.79 Å². The molecule has 36 heavy (non-hydrogen) atoms. The quantitative estimate of drug-likeness (QED) is 0.376. The Balaban J connectivity index is 1.50. The second-order valence-corrected chi connectivity index (χ2v) is 10.2. The molecule has 0 unspecified atom stereocenters. The molecule has 0 aliphatic carbocycles. The van der Waals surface area contributed by atoms with Gasteiger partial charge in [-0.3, -0.25) is 0 Å². The van der Waals surface area contributed by atoms with Gasteiger partial charge in [0.2, 0.25) is 0 Å². The first-order valence-corrected chi connectivity index (χ1v) is 12.6. The molecule has 0 bridgehead atoms. The summed E-state index contributed by atoms with van der Waals surface area (Å²) in [6, 6.07) is 3.39. The number of hydrogen-bond donors (Lipinski definition) is 1. The van der Waals surface area contributed by atoms with E-state index in [0.717, 1.165) is 31.1 Å². The molecule has 9 nitrogen and oxygen atoms in total. The third kappa shape index (κ3) is 5.01. The second kappa shape index (κ2) is 9.67. The topological polar surface area (TPSA) is 106 Å². The third-order valence-electron chi connectivity index (χ3n) is 5.72. The van der Waals surface area contributed by atoms with Gasteiger partial charge in [0, 0.05) is 30.4 Å². The van der Waals surface area contributed by atoms with E-state index >= 15 is 0 Å². The summed E-state index contributed by atoms with van der Waals surface area (Å²) in [6.07, 6.45) is -0.224. The van der Waals surface area contributed by atoms with E-state index in [9.17, 15) is 18.0 Å². The Morgan fingerprint density at radius 2 is 1.83 bits per heavy atom. The van der Waals surface area contributed by atoms with Crippen LogP contribution in [0.4, 0.5) is 18.3 Å². The van der Waals surface area contributed by atoms with E-state index in [-0.39, 0.29) is 11.4 Å². The van der Waals surface area contributed by atoms with E-state index < -0.39 is 12.1 Å². The molecule has 1 N–H and O–H groups in total. The van der Waals surface area contributed by atoms with Crippen LogP contribution < -0.4 is 15.0 Å². The van der Waals surface area contributed by atoms with Crippen LogP contribution in [0.2, 0.25) is 0 Å². The molecule has 5 heterocycles. The van der Waals surface area contributed by atoms with E-state index in [1.54, 1.807) is 13.0 Å². The number of thiazole rings is 2. The molecule has 1 aliphatic rings. The van der Waals surface area contributed by atoms with E-state index in [4.69, 9.17) is 4.74 Å². The van der Waals surface area contributed by atoms with Gasteiger partial charge >= 0.3 is 12.1 Å². The first kappa shape index (κ1) is 24.5. The monoisotopic (exact) mass is 535 g/mol. The van der Waals surface area contributed by atoms with Gasteiger partial charge in [-0.15, -0.1) is 0 Å². The van der Waals surface area contributed by atoms with Gasteiger partial charge in [-0.2, -0.15) is 23.4 Å². The number of rotatable bonds is 5. The van der Waals surface area contributed by atoms with E-state index in [2.05, 4.69) is 35.4 Å². The number of fused-ring (bicyclic) bond motifs is 1. The zero-order chi connectivity index (χ0) is 25.4. The zero-order valence-electron chi connectivity index (χ0n) is 19.2. The number of halogens is 3. The van der Waals surface area contributed by atoms with Crippen LogP contribution in [0.1, 0.15) is 18.5 Å². The fourth-order valence-corrected chi connectivity index (χ4v) is 5.94. The van der Waals surface area contributed by atoms with Gasteiger partial charge in [0.05, 0.1) is 11.9 Å². The van der Waals surface area contributed by atoms with Crippen molar-refractivity contribution in [2.45, 2.75) is 32.0 Å². The molecule has 0 aromatic carbocycles. The number of alkyl halides is 3. The molecule has 4 aromatic heterocycles. The molecule has 0 radical (unpaired) electrons. The van der Waals surface area contributed by atoms with Gasteiger partial charge in [0.1, 0.15) is 10.7 Å². The Kier molecular flexibility index (Phi) is 6.57. The molecular weight excluding hydrogens is 515 g/mol. The van der Waals surface area contributed by atoms with Crippen molar-refractivity contribution in [3.63, 3.8) is 0 Å². The average molecular weight is 536 g/mol. The minimum atomic E-state index is -5.17. The number of hydrogen-bond acceptors (Lipinski definition) is 11. The number of pyridine rings is 1. The molecule has 0 saturated carbocycles. The lowest BCUT2D eigenvalue weighted by atomic mass is 10.1. The number of piperidine rings is 1. The van der Waals surface area contributed by atoms with Crippen molar-refractivity contribution in [3.05, 3.63) is 30.2 Å². The fourth-order valence-electron chi connectivity index (χ4n) is 3.86. The van der Waals surface area contributed by atoms with Crippen LogP contribution in [-0.4, -0.2) is 63.5 Å². The number of anilines is 1. The van der Waals surface area contributed by atoms with Gasteiger partial charge in [-0.25, -0.2) is 19.7 Å². The molecule has 188 valence electrons. The van der Waals surface area contributed by atoms with Gasteiger partial charge in [-0.1, -0.05) is 22.7 Å². The molecule has 1 aliphatic heterocycles. The highest BCUT2D eigenvalue weighted by Crippen LogP contribution is 2.40. The summed E-state index contributed by atoms with van der Waals surface area (Å²) in [6.45, 7) is 3.63. The van der Waals surface area contributed by atoms with Gasteiger partial charge in [0.15, 0.2) is 20.5 Å². The zero-order valence-corrected chi connectivity index (χ0v) is 20.8. The Morgan fingerprint density at radius 1 is 1.11 bits per heavy atom. The molecule has 4 aromatic rings. The smallest absolute Gasteiger partial charge is 0.417 e. The summed E-state index contributed by atoms with van der Waals surface area (Å²) in [7, 11) is 2.00. The molecule has 0 amide bonds. The lowest BCUT2D eigenvalue weighted by Gasteiger charge is -2.31. The van der Waals surface area contributed by atoms with Crippen LogP contribution in [0, 0.1) is 6.92 Å². The number of ether oxygens (including phenoxy) is 1. The Labute approximate surface area is 211 Å². The van der Waals surface area contributed by atoms with E-state index in [0.29, 0.717) is 37.5 Å². The number of carbonyl (C=O) groups excluding carboxylic acids is 1. The van der Waals surface area contributed by atoms with Crippen molar-refractivity contribution >= 4 is 43.4 Å². The van der Waals surface area contributed by atoms with Gasteiger partial charge < -0.3 is 15.0 Å². The SMILES string of the molecule is Cc1cc(-c2cnc(-c3nc4sc(N(C)C5CCNCC5)nc4s3)c(OC(=O)C(F)(F)F)c2)cnn1. The summed E-state index contributed by atoms with van der Waals surface area (Å²) >= 11 is 2.58. The van der Waals surface area contributed by atoms with Crippen LogP contribution >= 0.6 is 22.7 Å². The number of aryl methyl sites for hydroxylation is 1. The lowest BCUT2D eigenvalue weighted by Crippen LogP contribution is -2.41. The van der Waals surface area contributed by atoms with Crippen molar-refractivity contribution in [1.82, 2.24) is 30.5 Å². The predicted octanol–water partition coefficient (Wildman–Crippen LogP) is 4.24. The van der Waals surface area contributed by atoms with Crippen LogP contribution in [0.5, 0.6) is 5.75 Å². The summed E-state index contributed by atoms with van der Waals surface area (Å²) in [5.41, 5.74) is 1.63. The minimum Gasteiger partial charge on any atom is -0.417 e. The van der Waals surface area contributed by atoms with Crippen molar-refractivity contribution in [1.29, 1.82) is 0 Å².